The highest BCUT2D eigenvalue weighted by molar-refractivity contribution is 5.97. The maximum absolute atomic E-state index is 12.8. The fourth-order valence-electron chi connectivity index (χ4n) is 3.40. The van der Waals surface area contributed by atoms with Gasteiger partial charge in [-0.2, -0.15) is 0 Å². The number of hydrogen-bond acceptors (Lipinski definition) is 3. The van der Waals surface area contributed by atoms with Gasteiger partial charge in [-0.05, 0) is 53.8 Å². The molecule has 0 radical (unpaired) electrons. The van der Waals surface area contributed by atoms with Crippen molar-refractivity contribution < 1.29 is 14.3 Å². The van der Waals surface area contributed by atoms with Gasteiger partial charge in [-0.1, -0.05) is 60.7 Å². The first-order valence-corrected chi connectivity index (χ1v) is 9.59. The van der Waals surface area contributed by atoms with Gasteiger partial charge in [0.1, 0.15) is 6.04 Å². The maximum atomic E-state index is 12.8. The molecule has 3 aromatic rings. The summed E-state index contributed by atoms with van der Waals surface area (Å²) in [6, 6.07) is 22.5. The molecule has 0 fully saturated rings. The summed E-state index contributed by atoms with van der Waals surface area (Å²) in [6.45, 7) is 4.00. The largest absolute Gasteiger partial charge is 0.467 e. The number of aryl methyl sites for hydroxylation is 2. The first-order chi connectivity index (χ1) is 14.0. The van der Waals surface area contributed by atoms with Crippen LogP contribution >= 0.6 is 0 Å². The molecule has 0 aromatic heterocycles. The lowest BCUT2D eigenvalue weighted by Gasteiger charge is -2.19. The highest BCUT2D eigenvalue weighted by Gasteiger charge is 2.24. The molecule has 0 unspecified atom stereocenters. The Morgan fingerprint density at radius 3 is 2.00 bits per heavy atom. The van der Waals surface area contributed by atoms with Crippen molar-refractivity contribution >= 4 is 11.9 Å². The molecule has 0 aliphatic heterocycles. The Hall–Kier alpha value is -3.40. The lowest BCUT2D eigenvalue weighted by Crippen LogP contribution is -2.43. The van der Waals surface area contributed by atoms with Gasteiger partial charge in [-0.25, -0.2) is 4.79 Å². The van der Waals surface area contributed by atoms with Crippen molar-refractivity contribution in [2.75, 3.05) is 7.11 Å². The van der Waals surface area contributed by atoms with Gasteiger partial charge in [0.05, 0.1) is 7.11 Å². The van der Waals surface area contributed by atoms with E-state index >= 15 is 0 Å². The van der Waals surface area contributed by atoms with Crippen LogP contribution in [0.25, 0.3) is 11.1 Å². The lowest BCUT2D eigenvalue weighted by atomic mass is 9.96. The number of carbonyl (C=O) groups excluding carboxylic acids is 2. The van der Waals surface area contributed by atoms with Crippen LogP contribution in [0.1, 0.15) is 27.0 Å². The Labute approximate surface area is 171 Å². The third-order valence-electron chi connectivity index (χ3n) is 5.10. The summed E-state index contributed by atoms with van der Waals surface area (Å²) < 4.78 is 4.92. The highest BCUT2D eigenvalue weighted by atomic mass is 16.5. The standard InChI is InChI=1S/C25H25NO3/c1-17-8-7-9-18(2)22(17)16-23(25(28)29-3)26-24(27)21-14-12-20(13-15-21)19-10-5-4-6-11-19/h4-15,23H,16H2,1-3H3,(H,26,27)/t23-/m0/s1. The number of carbonyl (C=O) groups is 2. The molecule has 3 aromatic carbocycles. The van der Waals surface area contributed by atoms with Crippen LogP contribution in [0.4, 0.5) is 0 Å². The number of esters is 1. The van der Waals surface area contributed by atoms with Gasteiger partial charge in [0.25, 0.3) is 5.91 Å². The number of methoxy groups -OCH3 is 1. The first-order valence-electron chi connectivity index (χ1n) is 9.59. The summed E-state index contributed by atoms with van der Waals surface area (Å²) in [4.78, 5) is 25.1. The summed E-state index contributed by atoms with van der Waals surface area (Å²) in [5, 5.41) is 2.83. The third-order valence-corrected chi connectivity index (χ3v) is 5.10. The molecule has 4 heteroatoms. The minimum atomic E-state index is -0.749. The molecule has 0 aliphatic carbocycles. The molecule has 1 atom stereocenters. The molecule has 0 saturated heterocycles. The zero-order valence-electron chi connectivity index (χ0n) is 16.9. The Morgan fingerprint density at radius 1 is 0.828 bits per heavy atom. The number of rotatable bonds is 6. The SMILES string of the molecule is COC(=O)[C@H](Cc1c(C)cccc1C)NC(=O)c1ccc(-c2ccccc2)cc1. The Bertz CT molecular complexity index is 974. The zero-order chi connectivity index (χ0) is 20.8. The van der Waals surface area contributed by atoms with Crippen molar-refractivity contribution in [3.05, 3.63) is 95.1 Å². The van der Waals surface area contributed by atoms with Crippen LogP contribution in [-0.4, -0.2) is 25.0 Å². The summed E-state index contributed by atoms with van der Waals surface area (Å²) in [5.41, 5.74) is 5.83. The first kappa shape index (κ1) is 20.3. The van der Waals surface area contributed by atoms with Crippen molar-refractivity contribution in [2.24, 2.45) is 0 Å². The van der Waals surface area contributed by atoms with E-state index < -0.39 is 12.0 Å². The summed E-state index contributed by atoms with van der Waals surface area (Å²) in [6.07, 6.45) is 0.388. The highest BCUT2D eigenvalue weighted by Crippen LogP contribution is 2.20. The van der Waals surface area contributed by atoms with Crippen molar-refractivity contribution in [1.29, 1.82) is 0 Å². The van der Waals surface area contributed by atoms with E-state index in [-0.39, 0.29) is 5.91 Å². The molecule has 3 rings (SSSR count). The van der Waals surface area contributed by atoms with E-state index in [1.807, 2.05) is 74.5 Å². The van der Waals surface area contributed by atoms with Gasteiger partial charge in [0, 0.05) is 12.0 Å². The van der Waals surface area contributed by atoms with E-state index in [1.54, 1.807) is 12.1 Å². The van der Waals surface area contributed by atoms with Crippen LogP contribution in [-0.2, 0) is 16.0 Å². The van der Waals surface area contributed by atoms with E-state index in [1.165, 1.54) is 7.11 Å². The average molecular weight is 387 g/mol. The molecular formula is C25H25NO3. The third kappa shape index (κ3) is 4.91. The number of amides is 1. The predicted molar refractivity (Wildman–Crippen MR) is 115 cm³/mol. The summed E-state index contributed by atoms with van der Waals surface area (Å²) in [5.74, 6) is -0.756. The smallest absolute Gasteiger partial charge is 0.328 e. The summed E-state index contributed by atoms with van der Waals surface area (Å²) >= 11 is 0. The second-order valence-electron chi connectivity index (χ2n) is 7.07. The van der Waals surface area contributed by atoms with E-state index in [2.05, 4.69) is 5.32 Å². The minimum Gasteiger partial charge on any atom is -0.467 e. The van der Waals surface area contributed by atoms with Gasteiger partial charge in [-0.3, -0.25) is 4.79 Å². The van der Waals surface area contributed by atoms with Gasteiger partial charge < -0.3 is 10.1 Å². The number of nitrogens with one attached hydrogen (secondary N) is 1. The molecule has 0 aliphatic rings. The quantitative estimate of drug-likeness (QED) is 0.634. The number of benzene rings is 3. The molecule has 1 N–H and O–H groups in total. The number of hydrogen-bond donors (Lipinski definition) is 1. The summed E-state index contributed by atoms with van der Waals surface area (Å²) in [7, 11) is 1.33. The normalized spacial score (nSPS) is 11.6. The van der Waals surface area contributed by atoms with Crippen molar-refractivity contribution in [3.63, 3.8) is 0 Å². The maximum Gasteiger partial charge on any atom is 0.328 e. The van der Waals surface area contributed by atoms with E-state index in [0.29, 0.717) is 12.0 Å². The van der Waals surface area contributed by atoms with Crippen LogP contribution in [0.2, 0.25) is 0 Å². The Kier molecular flexibility index (Phi) is 6.45. The van der Waals surface area contributed by atoms with Crippen molar-refractivity contribution in [3.8, 4) is 11.1 Å². The topological polar surface area (TPSA) is 55.4 Å². The van der Waals surface area contributed by atoms with E-state index in [0.717, 1.165) is 27.8 Å². The van der Waals surface area contributed by atoms with E-state index in [9.17, 15) is 9.59 Å². The average Bonchev–Trinajstić information content (AvgIpc) is 2.75. The van der Waals surface area contributed by atoms with Gasteiger partial charge in [0.2, 0.25) is 0 Å². The molecule has 4 nitrogen and oxygen atoms in total. The molecule has 0 bridgehead atoms. The molecule has 1 amide bonds. The molecule has 0 saturated carbocycles. The Morgan fingerprint density at radius 2 is 1.41 bits per heavy atom. The van der Waals surface area contributed by atoms with Crippen LogP contribution in [0.15, 0.2) is 72.8 Å². The molecule has 0 spiro atoms. The minimum absolute atomic E-state index is 0.300. The number of ether oxygens (including phenoxy) is 1. The molecule has 29 heavy (non-hydrogen) atoms. The van der Waals surface area contributed by atoms with E-state index in [4.69, 9.17) is 4.74 Å². The van der Waals surface area contributed by atoms with Gasteiger partial charge >= 0.3 is 5.97 Å². The fourth-order valence-corrected chi connectivity index (χ4v) is 3.40. The zero-order valence-corrected chi connectivity index (χ0v) is 16.9. The van der Waals surface area contributed by atoms with Crippen LogP contribution < -0.4 is 5.32 Å². The van der Waals surface area contributed by atoms with Gasteiger partial charge in [0.15, 0.2) is 0 Å². The van der Waals surface area contributed by atoms with Crippen molar-refractivity contribution in [1.82, 2.24) is 5.32 Å². The predicted octanol–water partition coefficient (Wildman–Crippen LogP) is 4.48. The van der Waals surface area contributed by atoms with Crippen LogP contribution in [0.3, 0.4) is 0 Å². The second kappa shape index (κ2) is 9.20. The van der Waals surface area contributed by atoms with Crippen LogP contribution in [0, 0.1) is 13.8 Å². The van der Waals surface area contributed by atoms with Crippen molar-refractivity contribution in [2.45, 2.75) is 26.3 Å². The second-order valence-corrected chi connectivity index (χ2v) is 7.07. The lowest BCUT2D eigenvalue weighted by molar-refractivity contribution is -0.142. The molecule has 0 heterocycles. The monoisotopic (exact) mass is 387 g/mol. The van der Waals surface area contributed by atoms with Crippen LogP contribution in [0.5, 0.6) is 0 Å². The fraction of sp³-hybridized carbons (Fsp3) is 0.200. The molecule has 148 valence electrons. The van der Waals surface area contributed by atoms with Gasteiger partial charge in [-0.15, -0.1) is 0 Å². The Balaban J connectivity index is 1.77. The molecular weight excluding hydrogens is 362 g/mol.